The van der Waals surface area contributed by atoms with Gasteiger partial charge in [-0.25, -0.2) is 0 Å². The third kappa shape index (κ3) is 11.3. The second-order valence-corrected chi connectivity index (χ2v) is 10.9. The number of hydrogen-bond acceptors (Lipinski definition) is 3. The Labute approximate surface area is 199 Å². The number of amides is 1. The van der Waals surface area contributed by atoms with Gasteiger partial charge in [0, 0.05) is 19.5 Å². The van der Waals surface area contributed by atoms with Crippen LogP contribution in [0, 0.1) is 11.8 Å². The molecule has 0 heterocycles. The molecule has 0 aromatic rings. The molecule has 0 saturated heterocycles. The van der Waals surface area contributed by atoms with Crippen LogP contribution in [0.25, 0.3) is 0 Å². The first-order valence-corrected chi connectivity index (χ1v) is 13.8. The van der Waals surface area contributed by atoms with Gasteiger partial charge in [-0.05, 0) is 91.6 Å². The topological polar surface area (TPSA) is 26.8 Å². The third-order valence-electron chi connectivity index (χ3n) is 7.42. The van der Waals surface area contributed by atoms with E-state index in [4.69, 9.17) is 0 Å². The van der Waals surface area contributed by atoms with Crippen molar-refractivity contribution in [1.29, 1.82) is 0 Å². The van der Waals surface area contributed by atoms with Crippen molar-refractivity contribution in [3.63, 3.8) is 0 Å². The molecule has 186 valence electrons. The molecular formula is C28H53N3O. The van der Waals surface area contributed by atoms with Crippen molar-refractivity contribution in [2.24, 2.45) is 11.8 Å². The maximum atomic E-state index is 12.7. The van der Waals surface area contributed by atoms with E-state index < -0.39 is 0 Å². The van der Waals surface area contributed by atoms with Gasteiger partial charge in [-0.3, -0.25) is 4.79 Å². The molecule has 0 aliphatic heterocycles. The quantitative estimate of drug-likeness (QED) is 0.170. The molecule has 1 saturated carbocycles. The van der Waals surface area contributed by atoms with Gasteiger partial charge < -0.3 is 14.7 Å². The second kappa shape index (κ2) is 15.9. The van der Waals surface area contributed by atoms with Crippen LogP contribution in [0.15, 0.2) is 11.6 Å². The normalized spacial score (nSPS) is 19.5. The molecule has 2 aliphatic rings. The second-order valence-electron chi connectivity index (χ2n) is 10.9. The summed E-state index contributed by atoms with van der Waals surface area (Å²) in [6.45, 7) is 3.92. The lowest BCUT2D eigenvalue weighted by atomic mass is 10.0. The van der Waals surface area contributed by atoms with E-state index >= 15 is 0 Å². The van der Waals surface area contributed by atoms with Gasteiger partial charge in [-0.2, -0.15) is 0 Å². The van der Waals surface area contributed by atoms with E-state index in [1.807, 2.05) is 5.57 Å². The van der Waals surface area contributed by atoms with Gasteiger partial charge in [0.25, 0.3) is 0 Å². The fourth-order valence-corrected chi connectivity index (χ4v) is 5.42. The minimum Gasteiger partial charge on any atom is -0.343 e. The first-order chi connectivity index (χ1) is 15.5. The first kappa shape index (κ1) is 27.4. The molecule has 32 heavy (non-hydrogen) atoms. The van der Waals surface area contributed by atoms with E-state index in [1.54, 1.807) is 0 Å². The molecule has 2 unspecified atom stereocenters. The molecule has 0 radical (unpaired) electrons. The Morgan fingerprint density at radius 3 is 1.78 bits per heavy atom. The Kier molecular flexibility index (Phi) is 13.6. The maximum Gasteiger partial charge on any atom is 0.222 e. The van der Waals surface area contributed by atoms with E-state index in [1.165, 1.54) is 70.6 Å². The zero-order valence-corrected chi connectivity index (χ0v) is 21.9. The van der Waals surface area contributed by atoms with Gasteiger partial charge in [0.15, 0.2) is 0 Å². The van der Waals surface area contributed by atoms with Gasteiger partial charge in [0.05, 0.1) is 0 Å². The molecule has 1 amide bonds. The number of carbonyl (C=O) groups is 1. The lowest BCUT2D eigenvalue weighted by molar-refractivity contribution is -0.131. The highest BCUT2D eigenvalue weighted by atomic mass is 16.2. The minimum atomic E-state index is 0.373. The lowest BCUT2D eigenvalue weighted by Crippen LogP contribution is -2.35. The van der Waals surface area contributed by atoms with E-state index in [9.17, 15) is 4.79 Å². The van der Waals surface area contributed by atoms with Crippen molar-refractivity contribution in [2.45, 2.75) is 96.3 Å². The zero-order valence-electron chi connectivity index (χ0n) is 21.9. The molecule has 4 nitrogen and oxygen atoms in total. The molecule has 4 heteroatoms. The fraction of sp³-hybridized carbons (Fsp3) is 0.893. The van der Waals surface area contributed by atoms with Crippen molar-refractivity contribution < 1.29 is 4.79 Å². The number of carbonyl (C=O) groups excluding carboxylic acids is 1. The number of nitrogens with zero attached hydrogens (tertiary/aromatic N) is 3. The fourth-order valence-electron chi connectivity index (χ4n) is 5.42. The smallest absolute Gasteiger partial charge is 0.222 e. The summed E-state index contributed by atoms with van der Waals surface area (Å²) >= 11 is 0. The predicted molar refractivity (Wildman–Crippen MR) is 138 cm³/mol. The van der Waals surface area contributed by atoms with Crippen molar-refractivity contribution in [3.05, 3.63) is 11.6 Å². The van der Waals surface area contributed by atoms with Crippen LogP contribution in [-0.2, 0) is 4.79 Å². The first-order valence-electron chi connectivity index (χ1n) is 13.8. The van der Waals surface area contributed by atoms with Gasteiger partial charge >= 0.3 is 0 Å². The molecule has 0 aromatic heterocycles. The van der Waals surface area contributed by atoms with E-state index in [-0.39, 0.29) is 0 Å². The van der Waals surface area contributed by atoms with E-state index in [0.717, 1.165) is 63.7 Å². The monoisotopic (exact) mass is 447 g/mol. The average Bonchev–Trinajstić information content (AvgIpc) is 3.16. The van der Waals surface area contributed by atoms with Gasteiger partial charge in [-0.15, -0.1) is 0 Å². The van der Waals surface area contributed by atoms with Crippen molar-refractivity contribution in [1.82, 2.24) is 14.7 Å². The summed E-state index contributed by atoms with van der Waals surface area (Å²) in [6.07, 6.45) is 21.7. The van der Waals surface area contributed by atoms with Crippen molar-refractivity contribution in [3.8, 4) is 0 Å². The summed E-state index contributed by atoms with van der Waals surface area (Å²) in [5, 5.41) is 0. The molecular weight excluding hydrogens is 394 g/mol. The van der Waals surface area contributed by atoms with Crippen LogP contribution >= 0.6 is 0 Å². The number of unbranched alkanes of at least 4 members (excludes halogenated alkanes) is 8. The number of hydrogen-bond donors (Lipinski definition) is 0. The van der Waals surface area contributed by atoms with Crippen LogP contribution in [0.2, 0.25) is 0 Å². The minimum absolute atomic E-state index is 0.373. The predicted octanol–water partition coefficient (Wildman–Crippen LogP) is 5.98. The van der Waals surface area contributed by atoms with Gasteiger partial charge in [0.1, 0.15) is 0 Å². The summed E-state index contributed by atoms with van der Waals surface area (Å²) < 4.78 is 0. The lowest BCUT2D eigenvalue weighted by Gasteiger charge is -2.24. The highest BCUT2D eigenvalue weighted by molar-refractivity contribution is 5.76. The van der Waals surface area contributed by atoms with Crippen molar-refractivity contribution in [2.75, 3.05) is 54.4 Å². The zero-order chi connectivity index (χ0) is 23.2. The van der Waals surface area contributed by atoms with E-state index in [2.05, 4.69) is 49.0 Å². The summed E-state index contributed by atoms with van der Waals surface area (Å²) in [5.74, 6) is 2.39. The van der Waals surface area contributed by atoms with E-state index in [0.29, 0.717) is 5.91 Å². The van der Waals surface area contributed by atoms with Crippen LogP contribution in [0.5, 0.6) is 0 Å². The maximum absolute atomic E-state index is 12.7. The summed E-state index contributed by atoms with van der Waals surface area (Å²) in [7, 11) is 8.42. The van der Waals surface area contributed by atoms with Crippen LogP contribution in [0.1, 0.15) is 96.3 Å². The molecule has 2 aliphatic carbocycles. The summed E-state index contributed by atoms with van der Waals surface area (Å²) in [4.78, 5) is 19.3. The Morgan fingerprint density at radius 1 is 0.750 bits per heavy atom. The van der Waals surface area contributed by atoms with Crippen LogP contribution < -0.4 is 0 Å². The van der Waals surface area contributed by atoms with Crippen molar-refractivity contribution >= 4 is 5.91 Å². The Balaban J connectivity index is 1.42. The van der Waals surface area contributed by atoms with Gasteiger partial charge in [0.2, 0.25) is 5.91 Å². The molecule has 2 rings (SSSR count). The number of rotatable bonds is 20. The number of allylic oxidation sites excluding steroid dienone is 2. The van der Waals surface area contributed by atoms with Gasteiger partial charge in [-0.1, -0.05) is 63.0 Å². The average molecular weight is 448 g/mol. The summed E-state index contributed by atoms with van der Waals surface area (Å²) in [6, 6.07) is 0. The molecule has 1 fully saturated rings. The standard InChI is InChI=1S/C28H53N3O/c1-29(2)21-15-23-31(24-16-22-30(3)4)28(32)20-13-11-9-7-5-6-8-10-12-17-25-26-18-14-19-27(25)26/h18,25,27H,5-17,19-24H2,1-4H3. The molecule has 0 aromatic carbocycles. The molecule has 0 N–H and O–H groups in total. The molecule has 0 spiro atoms. The third-order valence-corrected chi connectivity index (χ3v) is 7.42. The summed E-state index contributed by atoms with van der Waals surface area (Å²) in [5.41, 5.74) is 1.81. The SMILES string of the molecule is CN(C)CCCN(CCCN(C)C)C(=O)CCCCCCCCCCCC1C2=CCCC21. The largest absolute Gasteiger partial charge is 0.343 e. The van der Waals surface area contributed by atoms with Crippen LogP contribution in [0.3, 0.4) is 0 Å². The molecule has 0 bridgehead atoms. The Bertz CT molecular complexity index is 529. The van der Waals surface area contributed by atoms with Crippen LogP contribution in [-0.4, -0.2) is 75.0 Å². The Morgan fingerprint density at radius 2 is 1.28 bits per heavy atom. The number of fused-ring (bicyclic) bond motifs is 1. The van der Waals surface area contributed by atoms with Crippen LogP contribution in [0.4, 0.5) is 0 Å². The molecule has 2 atom stereocenters. The highest BCUT2D eigenvalue weighted by Gasteiger charge is 2.44. The Hall–Kier alpha value is -0.870. The highest BCUT2D eigenvalue weighted by Crippen LogP contribution is 2.55.